The number of likely N-dealkylation sites (N-methyl/N-ethyl adjacent to an activating group) is 2. The first-order valence-corrected chi connectivity index (χ1v) is 9.62. The van der Waals surface area contributed by atoms with Crippen LogP contribution >= 0.6 is 15.9 Å². The first-order chi connectivity index (χ1) is 12.7. The third kappa shape index (κ3) is 2.15. The summed E-state index contributed by atoms with van der Waals surface area (Å²) in [4.78, 5) is 28.0. The summed E-state index contributed by atoms with van der Waals surface area (Å²) in [6.07, 6.45) is 0.309. The summed E-state index contributed by atoms with van der Waals surface area (Å²) >= 11 is 3.58. The minimum atomic E-state index is -0.917. The van der Waals surface area contributed by atoms with Crippen LogP contribution in [0.2, 0.25) is 0 Å². The summed E-state index contributed by atoms with van der Waals surface area (Å²) in [5.41, 5.74) is -0.198. The predicted octanol–water partition coefficient (Wildman–Crippen LogP) is 2.35. The number of carbonyl (C=O) groups excluding carboxylic acids is 2. The maximum atomic E-state index is 13.5. The molecule has 3 heterocycles. The molecule has 2 amide bonds. The molecular weight excluding hydrogens is 414 g/mol. The molecule has 0 N–H and O–H groups in total. The lowest BCUT2D eigenvalue weighted by atomic mass is 9.79. The topological polar surface area (TPSA) is 79.6 Å². The number of ether oxygens (including phenoxy) is 2. The molecule has 0 aromatic heterocycles. The van der Waals surface area contributed by atoms with Gasteiger partial charge in [0, 0.05) is 17.9 Å². The van der Waals surface area contributed by atoms with E-state index in [1.807, 2.05) is 13.0 Å². The Morgan fingerprint density at radius 1 is 1.37 bits per heavy atom. The Labute approximate surface area is 166 Å². The molecule has 27 heavy (non-hydrogen) atoms. The van der Waals surface area contributed by atoms with Gasteiger partial charge in [0.2, 0.25) is 6.79 Å². The van der Waals surface area contributed by atoms with Gasteiger partial charge < -0.3 is 14.4 Å². The fraction of sp³-hybridized carbons (Fsp3) is 0.526. The van der Waals surface area contributed by atoms with Crippen LogP contribution in [0, 0.1) is 16.7 Å². The lowest BCUT2D eigenvalue weighted by Gasteiger charge is -2.46. The number of rotatable bonds is 1. The molecule has 7 nitrogen and oxygen atoms in total. The number of piperazine rings is 1. The van der Waals surface area contributed by atoms with Gasteiger partial charge in [-0.2, -0.15) is 5.26 Å². The van der Waals surface area contributed by atoms with Crippen molar-refractivity contribution in [1.29, 1.82) is 5.26 Å². The van der Waals surface area contributed by atoms with Crippen LogP contribution in [0.5, 0.6) is 11.5 Å². The van der Waals surface area contributed by atoms with Gasteiger partial charge in [0.05, 0.1) is 18.7 Å². The highest BCUT2D eigenvalue weighted by atomic mass is 79.9. The van der Waals surface area contributed by atoms with Crippen LogP contribution in [-0.2, 0) is 9.59 Å². The quantitative estimate of drug-likeness (QED) is 0.633. The molecule has 8 heteroatoms. The average Bonchev–Trinajstić information content (AvgIpc) is 3.21. The lowest BCUT2D eigenvalue weighted by Crippen LogP contribution is -2.69. The van der Waals surface area contributed by atoms with Crippen molar-refractivity contribution in [1.82, 2.24) is 4.90 Å². The molecule has 5 atom stereocenters. The molecule has 3 aliphatic heterocycles. The van der Waals surface area contributed by atoms with Gasteiger partial charge in [-0.15, -0.1) is 0 Å². The Morgan fingerprint density at radius 2 is 2.07 bits per heavy atom. The van der Waals surface area contributed by atoms with E-state index in [1.165, 1.54) is 4.90 Å². The van der Waals surface area contributed by atoms with E-state index >= 15 is 0 Å². The molecule has 2 fully saturated rings. The first kappa shape index (κ1) is 18.3. The molecule has 3 aliphatic rings. The highest BCUT2D eigenvalue weighted by Crippen LogP contribution is 2.60. The van der Waals surface area contributed by atoms with Crippen LogP contribution in [0.3, 0.4) is 0 Å². The monoisotopic (exact) mass is 434 g/mol. The van der Waals surface area contributed by atoms with Gasteiger partial charge in [-0.25, -0.2) is 9.28 Å². The fourth-order valence-corrected chi connectivity index (χ4v) is 5.51. The zero-order valence-electron chi connectivity index (χ0n) is 15.7. The van der Waals surface area contributed by atoms with Crippen LogP contribution in [0.15, 0.2) is 16.6 Å². The smallest absolute Gasteiger partial charge is 0.337 e. The highest BCUT2D eigenvalue weighted by Gasteiger charge is 2.70. The van der Waals surface area contributed by atoms with Gasteiger partial charge in [0.15, 0.2) is 17.5 Å². The summed E-state index contributed by atoms with van der Waals surface area (Å²) in [6.45, 7) is 3.66. The fourth-order valence-electron chi connectivity index (χ4n) is 4.98. The SMILES string of the molecule is CC1C(=O)[N+]2(C)C(CC(C)(C#N)C2c2c(Br)ccc3c2OCO3)C(=O)N1C. The largest absolute Gasteiger partial charge is 0.454 e. The molecule has 1 aromatic rings. The summed E-state index contributed by atoms with van der Waals surface area (Å²) < 4.78 is 11.8. The molecule has 0 radical (unpaired) electrons. The maximum Gasteiger partial charge on any atom is 0.337 e. The van der Waals surface area contributed by atoms with Crippen LogP contribution in [0.1, 0.15) is 31.9 Å². The molecule has 1 aromatic carbocycles. The van der Waals surface area contributed by atoms with Crippen LogP contribution < -0.4 is 9.47 Å². The Balaban J connectivity index is 2.00. The number of hydrogen-bond acceptors (Lipinski definition) is 5. The maximum absolute atomic E-state index is 13.5. The van der Waals surface area contributed by atoms with E-state index in [-0.39, 0.29) is 23.1 Å². The molecule has 142 valence electrons. The number of hydrogen-bond donors (Lipinski definition) is 0. The molecule has 5 unspecified atom stereocenters. The molecule has 4 rings (SSSR count). The molecule has 0 spiro atoms. The van der Waals surface area contributed by atoms with Gasteiger partial charge in [-0.1, -0.05) is 15.9 Å². The number of fused-ring (bicyclic) bond motifs is 2. The Bertz CT molecular complexity index is 913. The molecule has 0 aliphatic carbocycles. The number of quaternary nitrogens is 1. The standard InChI is InChI=1S/C19H21BrN3O4/c1-10-18(25)23(4)12(17(24)22(10)3)7-19(2,8-21)16(23)14-11(20)5-6-13-15(14)27-9-26-13/h5-6,10,12,16H,7,9H2,1-4H3/q+1. The first-order valence-electron chi connectivity index (χ1n) is 8.83. The molecule has 0 bridgehead atoms. The average molecular weight is 435 g/mol. The van der Waals surface area contributed by atoms with Crippen molar-refractivity contribution in [3.8, 4) is 17.6 Å². The second-order valence-corrected chi connectivity index (χ2v) is 8.81. The van der Waals surface area contributed by atoms with Crippen LogP contribution in [0.4, 0.5) is 0 Å². The number of nitriles is 1. The molecular formula is C19H21BrN3O4+. The lowest BCUT2D eigenvalue weighted by molar-refractivity contribution is -0.875. The Kier molecular flexibility index (Phi) is 3.85. The van der Waals surface area contributed by atoms with Gasteiger partial charge in [-0.3, -0.25) is 4.79 Å². The van der Waals surface area contributed by atoms with Crippen molar-refractivity contribution in [2.24, 2.45) is 5.41 Å². The second-order valence-electron chi connectivity index (χ2n) is 7.96. The Morgan fingerprint density at radius 3 is 2.74 bits per heavy atom. The van der Waals surface area contributed by atoms with Crippen molar-refractivity contribution in [2.75, 3.05) is 20.9 Å². The van der Waals surface area contributed by atoms with Crippen LogP contribution in [-0.4, -0.2) is 54.2 Å². The Hall–Kier alpha value is -2.11. The van der Waals surface area contributed by atoms with Gasteiger partial charge >= 0.3 is 5.91 Å². The van der Waals surface area contributed by atoms with E-state index in [1.54, 1.807) is 27.1 Å². The van der Waals surface area contributed by atoms with Gasteiger partial charge in [0.25, 0.3) is 5.91 Å². The number of nitrogens with zero attached hydrogens (tertiary/aromatic N) is 3. The number of amides is 2. The van der Waals surface area contributed by atoms with Crippen molar-refractivity contribution >= 4 is 27.7 Å². The summed E-state index contributed by atoms with van der Waals surface area (Å²) in [6, 6.07) is 4.33. The van der Waals surface area contributed by atoms with Gasteiger partial charge in [0.1, 0.15) is 17.5 Å². The second kappa shape index (κ2) is 5.69. The summed E-state index contributed by atoms with van der Waals surface area (Å²) in [5.74, 6) is 0.955. The third-order valence-corrected chi connectivity index (χ3v) is 7.20. The van der Waals surface area contributed by atoms with E-state index in [4.69, 9.17) is 9.47 Å². The van der Waals surface area contributed by atoms with E-state index in [0.717, 1.165) is 10.0 Å². The molecule has 0 saturated carbocycles. The summed E-state index contributed by atoms with van der Waals surface area (Å²) in [7, 11) is 3.43. The number of carbonyl (C=O) groups is 2. The van der Waals surface area contributed by atoms with E-state index < -0.39 is 23.5 Å². The van der Waals surface area contributed by atoms with Crippen molar-refractivity contribution in [3.63, 3.8) is 0 Å². The summed E-state index contributed by atoms with van der Waals surface area (Å²) in [5, 5.41) is 10.1. The minimum Gasteiger partial charge on any atom is -0.454 e. The van der Waals surface area contributed by atoms with Crippen molar-refractivity contribution < 1.29 is 23.5 Å². The molecule has 2 saturated heterocycles. The van der Waals surface area contributed by atoms with Gasteiger partial charge in [-0.05, 0) is 26.0 Å². The van der Waals surface area contributed by atoms with E-state index in [9.17, 15) is 14.9 Å². The number of halogens is 1. The normalized spacial score (nSPS) is 37.3. The number of benzene rings is 1. The zero-order chi connectivity index (χ0) is 19.7. The minimum absolute atomic E-state index is 0.0745. The van der Waals surface area contributed by atoms with Crippen molar-refractivity contribution in [3.05, 3.63) is 22.2 Å². The van der Waals surface area contributed by atoms with E-state index in [2.05, 4.69) is 22.0 Å². The zero-order valence-corrected chi connectivity index (χ0v) is 17.2. The third-order valence-electron chi connectivity index (χ3n) is 6.50. The highest BCUT2D eigenvalue weighted by molar-refractivity contribution is 9.10. The van der Waals surface area contributed by atoms with Crippen LogP contribution in [0.25, 0.3) is 0 Å². The van der Waals surface area contributed by atoms with Crippen molar-refractivity contribution in [2.45, 2.75) is 38.4 Å². The van der Waals surface area contributed by atoms with E-state index in [0.29, 0.717) is 17.9 Å². The predicted molar refractivity (Wildman–Crippen MR) is 98.6 cm³/mol.